The van der Waals surface area contributed by atoms with Gasteiger partial charge in [0, 0.05) is 23.2 Å². The second-order valence-electron chi connectivity index (χ2n) is 5.24. The van der Waals surface area contributed by atoms with Crippen molar-refractivity contribution in [2.75, 3.05) is 18.8 Å². The Hall–Kier alpha value is -1.07. The Morgan fingerprint density at radius 2 is 2.28 bits per heavy atom. The molecule has 98 valence electrons. The van der Waals surface area contributed by atoms with Crippen molar-refractivity contribution in [3.63, 3.8) is 0 Å². The van der Waals surface area contributed by atoms with Gasteiger partial charge in [-0.3, -0.25) is 9.69 Å². The minimum Gasteiger partial charge on any atom is -0.398 e. The quantitative estimate of drug-likeness (QED) is 0.835. The molecule has 0 saturated carbocycles. The van der Waals surface area contributed by atoms with Crippen molar-refractivity contribution >= 4 is 27.5 Å². The van der Waals surface area contributed by atoms with E-state index in [1.807, 2.05) is 25.1 Å². The molecule has 1 saturated heterocycles. The van der Waals surface area contributed by atoms with Crippen LogP contribution in [0.2, 0.25) is 0 Å². The largest absolute Gasteiger partial charge is 0.398 e. The van der Waals surface area contributed by atoms with Crippen LogP contribution in [0, 0.1) is 5.41 Å². The zero-order valence-corrected chi connectivity index (χ0v) is 12.0. The Kier molecular flexibility index (Phi) is 3.64. The maximum atomic E-state index is 11.4. The molecular weight excluding hydrogens is 294 g/mol. The molecule has 1 aromatic rings. The number of carbonyl (C=O) groups excluding carboxylic acids is 1. The first-order valence-electron chi connectivity index (χ1n) is 5.97. The number of likely N-dealkylation sites (tertiary alicyclic amines) is 1. The number of amides is 1. The highest BCUT2D eigenvalue weighted by atomic mass is 79.9. The second-order valence-corrected chi connectivity index (χ2v) is 6.10. The average molecular weight is 312 g/mol. The monoisotopic (exact) mass is 311 g/mol. The van der Waals surface area contributed by atoms with E-state index < -0.39 is 0 Å². The summed E-state index contributed by atoms with van der Waals surface area (Å²) in [6.07, 6.45) is 0.828. The fraction of sp³-hybridized carbons (Fsp3) is 0.462. The summed E-state index contributed by atoms with van der Waals surface area (Å²) in [5.74, 6) is -0.208. The summed E-state index contributed by atoms with van der Waals surface area (Å²) < 4.78 is 0.912. The van der Waals surface area contributed by atoms with Crippen molar-refractivity contribution in [2.45, 2.75) is 19.9 Å². The normalized spacial score (nSPS) is 24.3. The van der Waals surface area contributed by atoms with Gasteiger partial charge in [0.2, 0.25) is 5.91 Å². The van der Waals surface area contributed by atoms with E-state index in [0.29, 0.717) is 0 Å². The van der Waals surface area contributed by atoms with E-state index in [0.717, 1.165) is 41.8 Å². The first kappa shape index (κ1) is 13.4. The van der Waals surface area contributed by atoms with Crippen molar-refractivity contribution in [1.82, 2.24) is 4.90 Å². The van der Waals surface area contributed by atoms with Crippen LogP contribution in [0.25, 0.3) is 0 Å². The van der Waals surface area contributed by atoms with E-state index in [1.165, 1.54) is 0 Å². The summed E-state index contributed by atoms with van der Waals surface area (Å²) in [5, 5.41) is 0. The number of nitrogen functional groups attached to an aromatic ring is 1. The van der Waals surface area contributed by atoms with Crippen molar-refractivity contribution in [3.8, 4) is 0 Å². The number of carbonyl (C=O) groups is 1. The molecule has 0 bridgehead atoms. The maximum Gasteiger partial charge on any atom is 0.224 e. The SMILES string of the molecule is CC1(C(N)=O)CCN(Cc2ccc(Br)c(N)c2)C1. The third kappa shape index (κ3) is 2.67. The zero-order valence-electron chi connectivity index (χ0n) is 10.4. The molecule has 4 N–H and O–H groups in total. The van der Waals surface area contributed by atoms with Crippen LogP contribution in [-0.4, -0.2) is 23.9 Å². The van der Waals surface area contributed by atoms with E-state index in [9.17, 15) is 4.79 Å². The number of benzene rings is 1. The predicted molar refractivity (Wildman–Crippen MR) is 75.7 cm³/mol. The lowest BCUT2D eigenvalue weighted by molar-refractivity contribution is -0.126. The molecule has 0 radical (unpaired) electrons. The van der Waals surface area contributed by atoms with E-state index in [4.69, 9.17) is 11.5 Å². The van der Waals surface area contributed by atoms with Gasteiger partial charge >= 0.3 is 0 Å². The fourth-order valence-electron chi connectivity index (χ4n) is 2.34. The Bertz CT molecular complexity index is 477. The Balaban J connectivity index is 2.03. The summed E-state index contributed by atoms with van der Waals surface area (Å²) in [6, 6.07) is 5.96. The summed E-state index contributed by atoms with van der Waals surface area (Å²) in [5.41, 5.74) is 12.8. The molecule has 0 aliphatic carbocycles. The van der Waals surface area contributed by atoms with Crippen molar-refractivity contribution in [2.24, 2.45) is 11.1 Å². The molecule has 2 rings (SSSR count). The molecule has 18 heavy (non-hydrogen) atoms. The maximum absolute atomic E-state index is 11.4. The smallest absolute Gasteiger partial charge is 0.224 e. The molecule has 1 amide bonds. The number of hydrogen-bond acceptors (Lipinski definition) is 3. The van der Waals surface area contributed by atoms with E-state index in [-0.39, 0.29) is 11.3 Å². The summed E-state index contributed by atoms with van der Waals surface area (Å²) in [4.78, 5) is 13.6. The molecule has 0 spiro atoms. The van der Waals surface area contributed by atoms with Crippen LogP contribution >= 0.6 is 15.9 Å². The van der Waals surface area contributed by atoms with Gasteiger partial charge < -0.3 is 11.5 Å². The van der Waals surface area contributed by atoms with Crippen molar-refractivity contribution in [3.05, 3.63) is 28.2 Å². The van der Waals surface area contributed by atoms with Gasteiger partial charge in [0.15, 0.2) is 0 Å². The number of hydrogen-bond donors (Lipinski definition) is 2. The minimum atomic E-state index is -0.388. The van der Waals surface area contributed by atoms with Crippen LogP contribution in [-0.2, 0) is 11.3 Å². The number of rotatable bonds is 3. The van der Waals surface area contributed by atoms with Crippen LogP contribution in [0.4, 0.5) is 5.69 Å². The van der Waals surface area contributed by atoms with Crippen LogP contribution < -0.4 is 11.5 Å². The number of anilines is 1. The topological polar surface area (TPSA) is 72.4 Å². The minimum absolute atomic E-state index is 0.208. The van der Waals surface area contributed by atoms with Gasteiger partial charge in [-0.1, -0.05) is 6.07 Å². The molecule has 1 aliphatic heterocycles. The van der Waals surface area contributed by atoms with Gasteiger partial charge in [-0.15, -0.1) is 0 Å². The molecule has 1 aromatic carbocycles. The molecule has 1 unspecified atom stereocenters. The predicted octanol–water partition coefficient (Wildman–Crippen LogP) is 1.73. The summed E-state index contributed by atoms with van der Waals surface area (Å²) >= 11 is 3.38. The van der Waals surface area contributed by atoms with Crippen LogP contribution in [0.3, 0.4) is 0 Å². The Labute approximate surface area is 115 Å². The average Bonchev–Trinajstić information content (AvgIpc) is 2.67. The summed E-state index contributed by atoms with van der Waals surface area (Å²) in [6.45, 7) is 4.36. The lowest BCUT2D eigenvalue weighted by Gasteiger charge is -2.21. The molecule has 1 heterocycles. The Morgan fingerprint density at radius 3 is 2.83 bits per heavy atom. The van der Waals surface area contributed by atoms with E-state index in [2.05, 4.69) is 20.8 Å². The van der Waals surface area contributed by atoms with E-state index in [1.54, 1.807) is 0 Å². The highest BCUT2D eigenvalue weighted by Crippen LogP contribution is 2.31. The van der Waals surface area contributed by atoms with Gasteiger partial charge in [0.05, 0.1) is 5.41 Å². The lowest BCUT2D eigenvalue weighted by Crippen LogP contribution is -2.36. The molecule has 1 aliphatic rings. The van der Waals surface area contributed by atoms with Gasteiger partial charge in [-0.25, -0.2) is 0 Å². The molecule has 0 aromatic heterocycles. The lowest BCUT2D eigenvalue weighted by atomic mass is 9.89. The molecule has 1 atom stereocenters. The molecule has 4 nitrogen and oxygen atoms in total. The van der Waals surface area contributed by atoms with Gasteiger partial charge in [-0.2, -0.15) is 0 Å². The molecule has 5 heteroatoms. The molecular formula is C13H18BrN3O. The number of halogens is 1. The van der Waals surface area contributed by atoms with Crippen LogP contribution in [0.5, 0.6) is 0 Å². The third-order valence-corrected chi connectivity index (χ3v) is 4.34. The zero-order chi connectivity index (χ0) is 13.3. The number of nitrogens with two attached hydrogens (primary N) is 2. The van der Waals surface area contributed by atoms with Crippen molar-refractivity contribution < 1.29 is 4.79 Å². The highest BCUT2D eigenvalue weighted by Gasteiger charge is 2.38. The standard InChI is InChI=1S/C13H18BrN3O/c1-13(12(16)18)4-5-17(8-13)7-9-2-3-10(14)11(15)6-9/h2-3,6H,4-5,7-8,15H2,1H3,(H2,16,18). The fourth-order valence-corrected chi connectivity index (χ4v) is 2.59. The first-order chi connectivity index (χ1) is 8.40. The van der Waals surface area contributed by atoms with Gasteiger partial charge in [-0.05, 0) is 53.5 Å². The highest BCUT2D eigenvalue weighted by molar-refractivity contribution is 9.10. The third-order valence-electron chi connectivity index (χ3n) is 3.61. The molecule has 1 fully saturated rings. The van der Waals surface area contributed by atoms with Crippen LogP contribution in [0.1, 0.15) is 18.9 Å². The summed E-state index contributed by atoms with van der Waals surface area (Å²) in [7, 11) is 0. The second kappa shape index (κ2) is 4.90. The van der Waals surface area contributed by atoms with E-state index >= 15 is 0 Å². The Morgan fingerprint density at radius 1 is 1.56 bits per heavy atom. The first-order valence-corrected chi connectivity index (χ1v) is 6.76. The number of primary amides is 1. The van der Waals surface area contributed by atoms with Gasteiger partial charge in [0.1, 0.15) is 0 Å². The van der Waals surface area contributed by atoms with Crippen molar-refractivity contribution in [1.29, 1.82) is 0 Å². The number of nitrogens with zero attached hydrogens (tertiary/aromatic N) is 1. The van der Waals surface area contributed by atoms with Gasteiger partial charge in [0.25, 0.3) is 0 Å². The van der Waals surface area contributed by atoms with Crippen LogP contribution in [0.15, 0.2) is 22.7 Å².